The Bertz CT molecular complexity index is 751. The first-order valence-electron chi connectivity index (χ1n) is 6.90. The number of carbonyl (C=O) groups excluding carboxylic acids is 1. The summed E-state index contributed by atoms with van der Waals surface area (Å²) >= 11 is 0. The van der Waals surface area contributed by atoms with E-state index in [0.29, 0.717) is 19.2 Å². The average Bonchev–Trinajstić information content (AvgIpc) is 2.45. The van der Waals surface area contributed by atoms with Gasteiger partial charge in [-0.1, -0.05) is 0 Å². The van der Waals surface area contributed by atoms with Crippen molar-refractivity contribution in [3.05, 3.63) is 36.0 Å². The zero-order valence-electron chi connectivity index (χ0n) is 11.9. The molecule has 2 aromatic rings. The van der Waals surface area contributed by atoms with E-state index in [1.54, 1.807) is 4.90 Å². The van der Waals surface area contributed by atoms with Crippen LogP contribution in [0.2, 0.25) is 0 Å². The highest BCUT2D eigenvalue weighted by molar-refractivity contribution is 5.81. The predicted octanol–water partition coefficient (Wildman–Crippen LogP) is 1.60. The maximum atomic E-state index is 14.4. The average molecular weight is 323 g/mol. The number of hydrogen-bond donors (Lipinski definition) is 1. The van der Waals surface area contributed by atoms with Gasteiger partial charge >= 0.3 is 0 Å². The van der Waals surface area contributed by atoms with Gasteiger partial charge in [0.05, 0.1) is 12.7 Å². The summed E-state index contributed by atoms with van der Waals surface area (Å²) in [5.41, 5.74) is -0.834. The number of nitrogens with one attached hydrogen (secondary N) is 1. The summed E-state index contributed by atoms with van der Waals surface area (Å²) in [4.78, 5) is 24.2. The molecule has 23 heavy (non-hydrogen) atoms. The van der Waals surface area contributed by atoms with Crippen molar-refractivity contribution in [2.45, 2.75) is 6.42 Å². The summed E-state index contributed by atoms with van der Waals surface area (Å²) in [5.74, 6) is -3.29. The number of aromatic nitrogens is 3. The number of nitrogens with zero attached hydrogens (tertiary/aromatic N) is 4. The minimum Gasteiger partial charge on any atom is -0.358 e. The van der Waals surface area contributed by atoms with Crippen LogP contribution in [0.4, 0.5) is 19.0 Å². The molecule has 0 bridgehead atoms. The zero-order valence-corrected chi connectivity index (χ0v) is 11.9. The van der Waals surface area contributed by atoms with Gasteiger partial charge in [-0.05, 0) is 6.42 Å². The van der Waals surface area contributed by atoms with Crippen molar-refractivity contribution in [1.29, 1.82) is 0 Å². The molecule has 1 N–H and O–H groups in total. The third kappa shape index (κ3) is 3.08. The van der Waals surface area contributed by atoms with Gasteiger partial charge in [0.2, 0.25) is 5.91 Å². The molecule has 0 spiro atoms. The van der Waals surface area contributed by atoms with Crippen LogP contribution in [-0.4, -0.2) is 45.4 Å². The molecule has 1 fully saturated rings. The van der Waals surface area contributed by atoms with Crippen LogP contribution in [0, 0.1) is 17.5 Å². The topological polar surface area (TPSA) is 71.0 Å². The Morgan fingerprint density at radius 3 is 2.61 bits per heavy atom. The fourth-order valence-corrected chi connectivity index (χ4v) is 2.08. The fraction of sp³-hybridized carbons (Fsp3) is 0.286. The van der Waals surface area contributed by atoms with E-state index >= 15 is 0 Å². The first-order chi connectivity index (χ1) is 11.1. The summed E-state index contributed by atoms with van der Waals surface area (Å²) in [6.07, 6.45) is 2.73. The molecule has 0 aliphatic carbocycles. The lowest BCUT2D eigenvalue weighted by atomic mass is 10.2. The van der Waals surface area contributed by atoms with Crippen molar-refractivity contribution in [3.8, 4) is 11.4 Å². The summed E-state index contributed by atoms with van der Waals surface area (Å²) < 4.78 is 41.0. The van der Waals surface area contributed by atoms with Gasteiger partial charge in [0.15, 0.2) is 17.5 Å². The highest BCUT2D eigenvalue weighted by Gasteiger charge is 2.22. The molecular formula is C14H12F3N5O. The largest absolute Gasteiger partial charge is 0.358 e. The highest BCUT2D eigenvalue weighted by atomic mass is 19.1. The number of rotatable bonds is 4. The number of anilines is 1. The molecule has 0 aromatic carbocycles. The van der Waals surface area contributed by atoms with Crippen molar-refractivity contribution in [3.63, 3.8) is 0 Å². The summed E-state index contributed by atoms with van der Waals surface area (Å²) in [7, 11) is 0. The smallest absolute Gasteiger partial charge is 0.241 e. The van der Waals surface area contributed by atoms with E-state index in [4.69, 9.17) is 0 Å². The molecule has 1 aliphatic heterocycles. The van der Waals surface area contributed by atoms with Crippen molar-refractivity contribution >= 4 is 11.7 Å². The standard InChI is InChI=1S/C14H12F3N5O/c15-8-4-9(16)12(18-5-8)13-11(17)14(21-7-20-13)19-6-10(23)22-2-1-3-22/h4-5,7H,1-3,6H2,(H,19,20,21). The van der Waals surface area contributed by atoms with Gasteiger partial charge in [-0.25, -0.2) is 28.1 Å². The number of hydrogen-bond acceptors (Lipinski definition) is 5. The second-order valence-corrected chi connectivity index (χ2v) is 4.96. The van der Waals surface area contributed by atoms with Gasteiger partial charge in [-0.15, -0.1) is 0 Å². The minimum atomic E-state index is -1.04. The maximum Gasteiger partial charge on any atom is 0.241 e. The Kier molecular flexibility index (Phi) is 4.09. The van der Waals surface area contributed by atoms with Crippen molar-refractivity contribution in [1.82, 2.24) is 19.9 Å². The molecule has 2 aromatic heterocycles. The number of amides is 1. The number of carbonyl (C=O) groups is 1. The van der Waals surface area contributed by atoms with Crippen molar-refractivity contribution in [2.24, 2.45) is 0 Å². The van der Waals surface area contributed by atoms with E-state index in [2.05, 4.69) is 20.3 Å². The number of likely N-dealkylation sites (tertiary alicyclic amines) is 1. The first-order valence-corrected chi connectivity index (χ1v) is 6.90. The van der Waals surface area contributed by atoms with Gasteiger partial charge in [0, 0.05) is 19.2 Å². The molecule has 6 nitrogen and oxygen atoms in total. The normalized spacial score (nSPS) is 13.6. The molecule has 1 aliphatic rings. The molecule has 0 unspecified atom stereocenters. The Balaban J connectivity index is 1.81. The Hall–Kier alpha value is -2.71. The van der Waals surface area contributed by atoms with Crippen LogP contribution in [0.5, 0.6) is 0 Å². The molecule has 9 heteroatoms. The Morgan fingerprint density at radius 2 is 1.96 bits per heavy atom. The lowest BCUT2D eigenvalue weighted by molar-refractivity contribution is -0.132. The van der Waals surface area contributed by atoms with E-state index < -0.39 is 28.8 Å². The molecule has 1 saturated heterocycles. The van der Waals surface area contributed by atoms with Gasteiger partial charge in [0.25, 0.3) is 0 Å². The van der Waals surface area contributed by atoms with Gasteiger partial charge < -0.3 is 10.2 Å². The summed E-state index contributed by atoms with van der Waals surface area (Å²) in [5, 5.41) is 2.56. The third-order valence-corrected chi connectivity index (χ3v) is 3.44. The second kappa shape index (κ2) is 6.19. The van der Waals surface area contributed by atoms with Gasteiger partial charge in [-0.2, -0.15) is 0 Å². The van der Waals surface area contributed by atoms with Crippen LogP contribution in [-0.2, 0) is 4.79 Å². The Labute approximate surface area is 129 Å². The molecule has 0 radical (unpaired) electrons. The van der Waals surface area contributed by atoms with Crippen LogP contribution < -0.4 is 5.32 Å². The molecule has 3 heterocycles. The van der Waals surface area contributed by atoms with Crippen LogP contribution in [0.15, 0.2) is 18.6 Å². The van der Waals surface area contributed by atoms with Crippen LogP contribution in [0.1, 0.15) is 6.42 Å². The Morgan fingerprint density at radius 1 is 1.17 bits per heavy atom. The number of pyridine rings is 1. The van der Waals surface area contributed by atoms with E-state index in [9.17, 15) is 18.0 Å². The maximum absolute atomic E-state index is 14.4. The quantitative estimate of drug-likeness (QED) is 0.925. The third-order valence-electron chi connectivity index (χ3n) is 3.44. The van der Waals surface area contributed by atoms with E-state index in [-0.39, 0.29) is 18.3 Å². The lowest BCUT2D eigenvalue weighted by Gasteiger charge is -2.30. The van der Waals surface area contributed by atoms with Crippen molar-refractivity contribution in [2.75, 3.05) is 25.0 Å². The van der Waals surface area contributed by atoms with Crippen molar-refractivity contribution < 1.29 is 18.0 Å². The summed E-state index contributed by atoms with van der Waals surface area (Å²) in [6, 6.07) is 0.588. The summed E-state index contributed by atoms with van der Waals surface area (Å²) in [6.45, 7) is 1.23. The fourth-order valence-electron chi connectivity index (χ4n) is 2.08. The zero-order chi connectivity index (χ0) is 16.4. The minimum absolute atomic E-state index is 0.132. The molecule has 3 rings (SSSR count). The predicted molar refractivity (Wildman–Crippen MR) is 74.8 cm³/mol. The van der Waals surface area contributed by atoms with E-state index in [0.717, 1.165) is 18.9 Å². The second-order valence-electron chi connectivity index (χ2n) is 4.96. The molecule has 0 atom stereocenters. The van der Waals surface area contributed by atoms with Crippen LogP contribution in [0.3, 0.4) is 0 Å². The van der Waals surface area contributed by atoms with Crippen LogP contribution in [0.25, 0.3) is 11.4 Å². The highest BCUT2D eigenvalue weighted by Crippen LogP contribution is 2.24. The monoisotopic (exact) mass is 323 g/mol. The SMILES string of the molecule is O=C(CNc1ncnc(-c2ncc(F)cc2F)c1F)N1CCC1. The van der Waals surface area contributed by atoms with E-state index in [1.165, 1.54) is 0 Å². The van der Waals surface area contributed by atoms with E-state index in [1.807, 2.05) is 0 Å². The number of halogens is 3. The molecule has 0 saturated carbocycles. The van der Waals surface area contributed by atoms with Crippen LogP contribution >= 0.6 is 0 Å². The van der Waals surface area contributed by atoms with Gasteiger partial charge in [0.1, 0.15) is 23.5 Å². The molecule has 1 amide bonds. The molecular weight excluding hydrogens is 311 g/mol. The molecule has 120 valence electrons. The first kappa shape index (κ1) is 15.2. The van der Waals surface area contributed by atoms with Gasteiger partial charge in [-0.3, -0.25) is 4.79 Å². The lowest BCUT2D eigenvalue weighted by Crippen LogP contribution is -2.44.